The Kier molecular flexibility index (Phi) is 4.70. The van der Waals surface area contributed by atoms with E-state index in [2.05, 4.69) is 31.4 Å². The van der Waals surface area contributed by atoms with Crippen LogP contribution in [-0.2, 0) is 0 Å². The fourth-order valence-electron chi connectivity index (χ4n) is 1.41. The molecule has 2 rings (SSSR count). The minimum absolute atomic E-state index is 0.00342. The lowest BCUT2D eigenvalue weighted by Crippen LogP contribution is -2.17. The summed E-state index contributed by atoms with van der Waals surface area (Å²) in [6.45, 7) is 0. The second-order valence-electron chi connectivity index (χ2n) is 3.76. The SMILES string of the molecule is O=C(N/N=C/c1cc(Cl)cc(Br)c1O)c1ccncc1. The van der Waals surface area contributed by atoms with Crippen LogP contribution in [0.3, 0.4) is 0 Å². The molecule has 1 aromatic carbocycles. The number of nitrogens with one attached hydrogen (secondary N) is 1. The van der Waals surface area contributed by atoms with Crippen molar-refractivity contribution in [1.82, 2.24) is 10.4 Å². The number of carbonyl (C=O) groups is 1. The molecule has 0 bridgehead atoms. The van der Waals surface area contributed by atoms with Gasteiger partial charge in [0.15, 0.2) is 0 Å². The van der Waals surface area contributed by atoms with Crippen LogP contribution in [0, 0.1) is 0 Å². The number of benzene rings is 1. The predicted molar refractivity (Wildman–Crippen MR) is 80.1 cm³/mol. The van der Waals surface area contributed by atoms with Crippen LogP contribution in [0.15, 0.2) is 46.2 Å². The molecule has 0 fully saturated rings. The van der Waals surface area contributed by atoms with Gasteiger partial charge in [0.2, 0.25) is 0 Å². The third-order valence-electron chi connectivity index (χ3n) is 2.37. The maximum absolute atomic E-state index is 11.7. The summed E-state index contributed by atoms with van der Waals surface area (Å²) < 4.78 is 0.451. The number of amides is 1. The van der Waals surface area contributed by atoms with E-state index in [1.54, 1.807) is 18.2 Å². The van der Waals surface area contributed by atoms with E-state index >= 15 is 0 Å². The van der Waals surface area contributed by atoms with Crippen molar-refractivity contribution in [3.05, 3.63) is 57.3 Å². The molecular weight excluding hydrogens is 346 g/mol. The molecule has 1 amide bonds. The summed E-state index contributed by atoms with van der Waals surface area (Å²) in [7, 11) is 0. The Morgan fingerprint density at radius 3 is 2.80 bits per heavy atom. The molecular formula is C13H9BrClN3O2. The Balaban J connectivity index is 2.10. The fourth-order valence-corrected chi connectivity index (χ4v) is 2.25. The van der Waals surface area contributed by atoms with Crippen LogP contribution in [0.2, 0.25) is 5.02 Å². The highest BCUT2D eigenvalue weighted by Gasteiger charge is 2.06. The molecule has 0 saturated carbocycles. The molecule has 0 radical (unpaired) electrons. The van der Waals surface area contributed by atoms with Crippen LogP contribution in [0.4, 0.5) is 0 Å². The van der Waals surface area contributed by atoms with Crippen molar-refractivity contribution >= 4 is 39.7 Å². The summed E-state index contributed by atoms with van der Waals surface area (Å²) in [4.78, 5) is 15.5. The zero-order valence-electron chi connectivity index (χ0n) is 10.0. The Morgan fingerprint density at radius 1 is 1.40 bits per heavy atom. The Labute approximate surface area is 128 Å². The number of nitrogens with zero attached hydrogens (tertiary/aromatic N) is 2. The fraction of sp³-hybridized carbons (Fsp3) is 0. The number of hydrogen-bond acceptors (Lipinski definition) is 4. The third kappa shape index (κ3) is 3.55. The van der Waals surface area contributed by atoms with Gasteiger partial charge in [0.1, 0.15) is 5.75 Å². The van der Waals surface area contributed by atoms with Gasteiger partial charge in [-0.3, -0.25) is 9.78 Å². The van der Waals surface area contributed by atoms with E-state index in [0.29, 0.717) is 20.6 Å². The van der Waals surface area contributed by atoms with Crippen molar-refractivity contribution in [2.45, 2.75) is 0 Å². The summed E-state index contributed by atoms with van der Waals surface area (Å²) in [5, 5.41) is 14.0. The molecule has 5 nitrogen and oxygen atoms in total. The van der Waals surface area contributed by atoms with Gasteiger partial charge < -0.3 is 5.11 Å². The van der Waals surface area contributed by atoms with Gasteiger partial charge in [0, 0.05) is 28.5 Å². The van der Waals surface area contributed by atoms with E-state index in [1.165, 1.54) is 24.7 Å². The van der Waals surface area contributed by atoms with E-state index in [-0.39, 0.29) is 11.7 Å². The largest absolute Gasteiger partial charge is 0.506 e. The quantitative estimate of drug-likeness (QED) is 0.657. The van der Waals surface area contributed by atoms with Crippen molar-refractivity contribution < 1.29 is 9.90 Å². The molecule has 1 heterocycles. The van der Waals surface area contributed by atoms with Gasteiger partial charge in [-0.05, 0) is 40.2 Å². The third-order valence-corrected chi connectivity index (χ3v) is 3.19. The number of halogens is 2. The lowest BCUT2D eigenvalue weighted by molar-refractivity contribution is 0.0955. The summed E-state index contributed by atoms with van der Waals surface area (Å²) in [5.74, 6) is -0.374. The summed E-state index contributed by atoms with van der Waals surface area (Å²) >= 11 is 9.03. The molecule has 0 aliphatic rings. The van der Waals surface area contributed by atoms with Gasteiger partial charge in [0.05, 0.1) is 10.7 Å². The molecule has 0 aliphatic carbocycles. The molecule has 0 atom stereocenters. The van der Waals surface area contributed by atoms with Crippen molar-refractivity contribution in [2.75, 3.05) is 0 Å². The normalized spacial score (nSPS) is 10.7. The standard InChI is InChI=1S/C13H9BrClN3O2/c14-11-6-10(15)5-9(12(11)19)7-17-18-13(20)8-1-3-16-4-2-8/h1-7,19H,(H,18,20)/b17-7+. The molecule has 7 heteroatoms. The smallest absolute Gasteiger partial charge is 0.271 e. The average Bonchev–Trinajstić information content (AvgIpc) is 2.44. The Bertz CT molecular complexity index is 662. The van der Waals surface area contributed by atoms with E-state index in [1.807, 2.05) is 0 Å². The number of aromatic hydroxyl groups is 1. The molecule has 0 aliphatic heterocycles. The van der Waals surface area contributed by atoms with Gasteiger partial charge in [0.25, 0.3) is 5.91 Å². The first-order chi connectivity index (χ1) is 9.58. The van der Waals surface area contributed by atoms with Crippen LogP contribution in [0.1, 0.15) is 15.9 Å². The molecule has 2 aromatic rings. The van der Waals surface area contributed by atoms with Crippen molar-refractivity contribution in [3.8, 4) is 5.75 Å². The van der Waals surface area contributed by atoms with Crippen LogP contribution in [-0.4, -0.2) is 22.2 Å². The second kappa shape index (κ2) is 6.49. The van der Waals surface area contributed by atoms with Gasteiger partial charge in [-0.2, -0.15) is 5.10 Å². The van der Waals surface area contributed by atoms with Crippen LogP contribution in [0.5, 0.6) is 5.75 Å². The van der Waals surface area contributed by atoms with E-state index in [9.17, 15) is 9.90 Å². The summed E-state index contributed by atoms with van der Waals surface area (Å²) in [5.41, 5.74) is 3.17. The van der Waals surface area contributed by atoms with E-state index in [4.69, 9.17) is 11.6 Å². The molecule has 20 heavy (non-hydrogen) atoms. The molecule has 0 unspecified atom stereocenters. The highest BCUT2D eigenvalue weighted by Crippen LogP contribution is 2.30. The topological polar surface area (TPSA) is 74.6 Å². The minimum Gasteiger partial charge on any atom is -0.506 e. The molecule has 2 N–H and O–H groups in total. The van der Waals surface area contributed by atoms with Crippen molar-refractivity contribution in [1.29, 1.82) is 0 Å². The molecule has 102 valence electrons. The Morgan fingerprint density at radius 2 is 2.10 bits per heavy atom. The molecule has 0 spiro atoms. The maximum atomic E-state index is 11.7. The van der Waals surface area contributed by atoms with E-state index in [0.717, 1.165) is 0 Å². The number of carbonyl (C=O) groups excluding carboxylic acids is 1. The van der Waals surface area contributed by atoms with Gasteiger partial charge in [-0.25, -0.2) is 5.43 Å². The first-order valence-electron chi connectivity index (χ1n) is 5.49. The highest BCUT2D eigenvalue weighted by molar-refractivity contribution is 9.10. The number of phenols is 1. The average molecular weight is 355 g/mol. The van der Waals surface area contributed by atoms with Crippen molar-refractivity contribution in [2.24, 2.45) is 5.10 Å². The van der Waals surface area contributed by atoms with E-state index < -0.39 is 0 Å². The second-order valence-corrected chi connectivity index (χ2v) is 5.05. The zero-order chi connectivity index (χ0) is 14.5. The van der Waals surface area contributed by atoms with Gasteiger partial charge >= 0.3 is 0 Å². The zero-order valence-corrected chi connectivity index (χ0v) is 12.4. The number of pyridine rings is 1. The van der Waals surface area contributed by atoms with Gasteiger partial charge in [-0.1, -0.05) is 11.6 Å². The number of rotatable bonds is 3. The minimum atomic E-state index is -0.371. The van der Waals surface area contributed by atoms with Crippen molar-refractivity contribution in [3.63, 3.8) is 0 Å². The van der Waals surface area contributed by atoms with Gasteiger partial charge in [-0.15, -0.1) is 0 Å². The molecule has 0 saturated heterocycles. The summed E-state index contributed by atoms with van der Waals surface area (Å²) in [6, 6.07) is 6.23. The monoisotopic (exact) mass is 353 g/mol. The lowest BCUT2D eigenvalue weighted by Gasteiger charge is -2.03. The maximum Gasteiger partial charge on any atom is 0.271 e. The lowest BCUT2D eigenvalue weighted by atomic mass is 10.2. The number of aromatic nitrogens is 1. The predicted octanol–water partition coefficient (Wildman–Crippen LogP) is 2.97. The first kappa shape index (κ1) is 14.5. The van der Waals surface area contributed by atoms with Crippen LogP contribution >= 0.6 is 27.5 Å². The number of hydrazone groups is 1. The number of phenolic OH excluding ortho intramolecular Hbond substituents is 1. The van der Waals surface area contributed by atoms with Crippen LogP contribution in [0.25, 0.3) is 0 Å². The molecule has 1 aromatic heterocycles. The Hall–Kier alpha value is -1.92. The highest BCUT2D eigenvalue weighted by atomic mass is 79.9. The number of hydrogen-bond donors (Lipinski definition) is 2. The van der Waals surface area contributed by atoms with Crippen LogP contribution < -0.4 is 5.43 Å². The summed E-state index contributed by atoms with van der Waals surface area (Å²) in [6.07, 6.45) is 4.34. The first-order valence-corrected chi connectivity index (χ1v) is 6.66.